The minimum atomic E-state index is 0.489. The molecule has 0 aromatic heterocycles. The van der Waals surface area contributed by atoms with E-state index in [4.69, 9.17) is 17.3 Å². The van der Waals surface area contributed by atoms with Crippen LogP contribution in [0.3, 0.4) is 0 Å². The largest absolute Gasteiger partial charge is 0.326 e. The van der Waals surface area contributed by atoms with E-state index in [1.54, 1.807) is 0 Å². The van der Waals surface area contributed by atoms with Gasteiger partial charge in [-0.25, -0.2) is 0 Å². The highest BCUT2D eigenvalue weighted by Crippen LogP contribution is 2.30. The van der Waals surface area contributed by atoms with Gasteiger partial charge in [-0.2, -0.15) is 0 Å². The minimum Gasteiger partial charge on any atom is -0.326 e. The molecule has 2 N–H and O–H groups in total. The third-order valence-electron chi connectivity index (χ3n) is 3.70. The average Bonchev–Trinajstić information content (AvgIpc) is 2.85. The first-order valence-electron chi connectivity index (χ1n) is 6.38. The highest BCUT2D eigenvalue weighted by Gasteiger charge is 2.11. The van der Waals surface area contributed by atoms with Gasteiger partial charge in [0.1, 0.15) is 0 Å². The van der Waals surface area contributed by atoms with Crippen molar-refractivity contribution < 1.29 is 0 Å². The Bertz CT molecular complexity index is 590. The molecule has 2 aromatic rings. The fourth-order valence-corrected chi connectivity index (χ4v) is 2.90. The molecule has 1 aliphatic rings. The van der Waals surface area contributed by atoms with Crippen molar-refractivity contribution in [3.05, 3.63) is 58.1 Å². The van der Waals surface area contributed by atoms with Gasteiger partial charge in [0, 0.05) is 11.6 Å². The molecule has 0 heterocycles. The van der Waals surface area contributed by atoms with Crippen molar-refractivity contribution in [1.82, 2.24) is 0 Å². The molecule has 0 fully saturated rings. The molecule has 92 valence electrons. The fourth-order valence-electron chi connectivity index (χ4n) is 2.64. The lowest BCUT2D eigenvalue weighted by Crippen LogP contribution is -1.97. The van der Waals surface area contributed by atoms with Crippen LogP contribution in [0.1, 0.15) is 23.1 Å². The number of benzene rings is 2. The summed E-state index contributed by atoms with van der Waals surface area (Å²) >= 11 is 6.22. The summed E-state index contributed by atoms with van der Waals surface area (Å²) in [5.74, 6) is 0. The second-order valence-corrected chi connectivity index (χ2v) is 5.25. The Labute approximate surface area is 113 Å². The molecular weight excluding hydrogens is 242 g/mol. The zero-order chi connectivity index (χ0) is 12.5. The Morgan fingerprint density at radius 3 is 2.44 bits per heavy atom. The first-order valence-corrected chi connectivity index (χ1v) is 6.76. The quantitative estimate of drug-likeness (QED) is 0.866. The molecule has 1 nitrogen and oxygen atoms in total. The van der Waals surface area contributed by atoms with Crippen LogP contribution in [-0.2, 0) is 19.4 Å². The maximum Gasteiger partial charge on any atom is 0.0457 e. The molecule has 0 bridgehead atoms. The van der Waals surface area contributed by atoms with Gasteiger partial charge in [-0.3, -0.25) is 0 Å². The topological polar surface area (TPSA) is 26.0 Å². The minimum absolute atomic E-state index is 0.489. The Balaban J connectivity index is 2.02. The number of hydrogen-bond donors (Lipinski definition) is 1. The van der Waals surface area contributed by atoms with E-state index in [-0.39, 0.29) is 0 Å². The van der Waals surface area contributed by atoms with Crippen LogP contribution in [0.25, 0.3) is 11.1 Å². The van der Waals surface area contributed by atoms with Gasteiger partial charge in [-0.05, 0) is 53.1 Å². The van der Waals surface area contributed by atoms with Gasteiger partial charge >= 0.3 is 0 Å². The normalized spacial score (nSPS) is 13.7. The molecule has 0 radical (unpaired) electrons. The highest BCUT2D eigenvalue weighted by atomic mass is 35.5. The molecule has 3 rings (SSSR count). The van der Waals surface area contributed by atoms with Crippen LogP contribution in [0.4, 0.5) is 0 Å². The predicted octanol–water partition coefficient (Wildman–Crippen LogP) is 3.95. The molecular formula is C16H16ClN. The van der Waals surface area contributed by atoms with E-state index < -0.39 is 0 Å². The van der Waals surface area contributed by atoms with Crippen LogP contribution in [-0.4, -0.2) is 0 Å². The monoisotopic (exact) mass is 257 g/mol. The molecule has 0 atom stereocenters. The van der Waals surface area contributed by atoms with Crippen molar-refractivity contribution in [3.63, 3.8) is 0 Å². The SMILES string of the molecule is NCc1ccc(-c2ccc3c(c2)CCC3)cc1Cl. The van der Waals surface area contributed by atoms with Gasteiger partial charge in [0.05, 0.1) is 0 Å². The maximum absolute atomic E-state index is 6.22. The number of rotatable bonds is 2. The molecule has 18 heavy (non-hydrogen) atoms. The second-order valence-electron chi connectivity index (χ2n) is 4.85. The lowest BCUT2D eigenvalue weighted by Gasteiger charge is -2.08. The molecule has 2 aromatic carbocycles. The standard InChI is InChI=1S/C16H16ClN/c17-16-9-14(6-7-15(16)10-18)13-5-4-11-2-1-3-12(11)8-13/h4-9H,1-3,10,18H2. The van der Waals surface area contributed by atoms with E-state index in [1.165, 1.54) is 41.5 Å². The van der Waals surface area contributed by atoms with Crippen LogP contribution in [0.2, 0.25) is 5.02 Å². The number of nitrogens with two attached hydrogens (primary N) is 1. The van der Waals surface area contributed by atoms with Crippen molar-refractivity contribution in [2.75, 3.05) is 0 Å². The molecule has 2 heteroatoms. The summed E-state index contributed by atoms with van der Waals surface area (Å²) in [6, 6.07) is 12.9. The molecule has 0 aliphatic heterocycles. The van der Waals surface area contributed by atoms with Gasteiger partial charge in [0.15, 0.2) is 0 Å². The average molecular weight is 258 g/mol. The number of aryl methyl sites for hydroxylation is 2. The van der Waals surface area contributed by atoms with Crippen molar-refractivity contribution in [2.45, 2.75) is 25.8 Å². The molecule has 0 amide bonds. The van der Waals surface area contributed by atoms with Crippen molar-refractivity contribution in [1.29, 1.82) is 0 Å². The van der Waals surface area contributed by atoms with E-state index in [0.29, 0.717) is 6.54 Å². The lowest BCUT2D eigenvalue weighted by atomic mass is 9.99. The summed E-state index contributed by atoms with van der Waals surface area (Å²) in [7, 11) is 0. The molecule has 0 saturated heterocycles. The van der Waals surface area contributed by atoms with Gasteiger partial charge in [0.25, 0.3) is 0 Å². The molecule has 0 unspecified atom stereocenters. The van der Waals surface area contributed by atoms with Crippen LogP contribution in [0.15, 0.2) is 36.4 Å². The van der Waals surface area contributed by atoms with Crippen LogP contribution < -0.4 is 5.73 Å². The van der Waals surface area contributed by atoms with E-state index in [0.717, 1.165) is 10.6 Å². The maximum atomic E-state index is 6.22. The first kappa shape index (κ1) is 11.8. The Morgan fingerprint density at radius 1 is 0.944 bits per heavy atom. The van der Waals surface area contributed by atoms with Crippen LogP contribution >= 0.6 is 11.6 Å². The third kappa shape index (κ3) is 2.05. The van der Waals surface area contributed by atoms with Crippen LogP contribution in [0.5, 0.6) is 0 Å². The predicted molar refractivity (Wildman–Crippen MR) is 76.8 cm³/mol. The van der Waals surface area contributed by atoms with Crippen LogP contribution in [0, 0.1) is 0 Å². The fraction of sp³-hybridized carbons (Fsp3) is 0.250. The zero-order valence-corrected chi connectivity index (χ0v) is 11.0. The smallest absolute Gasteiger partial charge is 0.0457 e. The molecule has 0 spiro atoms. The second kappa shape index (κ2) is 4.75. The Morgan fingerprint density at radius 2 is 1.67 bits per heavy atom. The summed E-state index contributed by atoms with van der Waals surface area (Å²) in [5.41, 5.74) is 12.0. The summed E-state index contributed by atoms with van der Waals surface area (Å²) < 4.78 is 0. The summed E-state index contributed by atoms with van der Waals surface area (Å²) in [6.45, 7) is 0.489. The van der Waals surface area contributed by atoms with E-state index in [1.807, 2.05) is 12.1 Å². The number of fused-ring (bicyclic) bond motifs is 1. The molecule has 1 aliphatic carbocycles. The lowest BCUT2D eigenvalue weighted by molar-refractivity contribution is 0.912. The van der Waals surface area contributed by atoms with Crippen molar-refractivity contribution in [3.8, 4) is 11.1 Å². The molecule has 0 saturated carbocycles. The first-order chi connectivity index (χ1) is 8.78. The van der Waals surface area contributed by atoms with Crippen molar-refractivity contribution >= 4 is 11.6 Å². The summed E-state index contributed by atoms with van der Waals surface area (Å²) in [4.78, 5) is 0. The van der Waals surface area contributed by atoms with E-state index >= 15 is 0 Å². The van der Waals surface area contributed by atoms with Gasteiger partial charge in [0.2, 0.25) is 0 Å². The third-order valence-corrected chi connectivity index (χ3v) is 4.06. The Hall–Kier alpha value is -1.31. The van der Waals surface area contributed by atoms with Crippen molar-refractivity contribution in [2.24, 2.45) is 5.73 Å². The Kier molecular flexibility index (Phi) is 3.11. The van der Waals surface area contributed by atoms with Gasteiger partial charge in [-0.15, -0.1) is 0 Å². The van der Waals surface area contributed by atoms with E-state index in [2.05, 4.69) is 24.3 Å². The van der Waals surface area contributed by atoms with Gasteiger partial charge < -0.3 is 5.73 Å². The zero-order valence-electron chi connectivity index (χ0n) is 10.2. The summed E-state index contributed by atoms with van der Waals surface area (Å²) in [5, 5.41) is 0.760. The number of halogens is 1. The highest BCUT2D eigenvalue weighted by molar-refractivity contribution is 6.31. The van der Waals surface area contributed by atoms with Gasteiger partial charge in [-0.1, -0.05) is 41.9 Å². The van der Waals surface area contributed by atoms with E-state index in [9.17, 15) is 0 Å². The summed E-state index contributed by atoms with van der Waals surface area (Å²) in [6.07, 6.45) is 3.71. The number of hydrogen-bond acceptors (Lipinski definition) is 1.